The second-order valence-electron chi connectivity index (χ2n) is 6.01. The summed E-state index contributed by atoms with van der Waals surface area (Å²) in [6.07, 6.45) is 0.647. The molecule has 1 aliphatic heterocycles. The summed E-state index contributed by atoms with van der Waals surface area (Å²) in [4.78, 5) is 7.01. The topological polar surface area (TPSA) is 39.3 Å². The molecule has 0 spiro atoms. The Labute approximate surface area is 134 Å². The number of rotatable bonds is 3. The van der Waals surface area contributed by atoms with Crippen LogP contribution in [0, 0.1) is 0 Å². The van der Waals surface area contributed by atoms with Gasteiger partial charge in [0.2, 0.25) is 0 Å². The predicted octanol–water partition coefficient (Wildman–Crippen LogP) is 3.88. The smallest absolute Gasteiger partial charge is 0.101 e. The molecule has 22 heavy (non-hydrogen) atoms. The first-order valence-corrected chi connectivity index (χ1v) is 8.67. The Morgan fingerprint density at radius 1 is 1.32 bits per heavy atom. The molecule has 0 aliphatic carbocycles. The standard InChI is InChI=1S/C18H20N2OS/c1-12-18-14(13-5-2-3-6-15(13)19-18)8-9-20(12)11-16(21)17-7-4-10-22-17/h2-7,10,12,16,19,21H,8-9,11H2,1H3/t12-,16+/m1/s1. The molecule has 1 aliphatic rings. The Hall–Kier alpha value is -1.62. The molecule has 4 heteroatoms. The van der Waals surface area contributed by atoms with Gasteiger partial charge in [0.05, 0.1) is 0 Å². The van der Waals surface area contributed by atoms with Gasteiger partial charge in [-0.3, -0.25) is 4.90 Å². The minimum Gasteiger partial charge on any atom is -0.386 e. The van der Waals surface area contributed by atoms with Crippen LogP contribution in [0.25, 0.3) is 10.9 Å². The van der Waals surface area contributed by atoms with Crippen LogP contribution in [0.2, 0.25) is 0 Å². The molecule has 4 rings (SSSR count). The maximum absolute atomic E-state index is 10.4. The predicted molar refractivity (Wildman–Crippen MR) is 91.3 cm³/mol. The van der Waals surface area contributed by atoms with Gasteiger partial charge in [-0.15, -0.1) is 11.3 Å². The van der Waals surface area contributed by atoms with Gasteiger partial charge in [0.15, 0.2) is 0 Å². The number of para-hydroxylation sites is 1. The van der Waals surface area contributed by atoms with Gasteiger partial charge >= 0.3 is 0 Å². The molecule has 0 saturated heterocycles. The molecule has 3 heterocycles. The fraction of sp³-hybridized carbons (Fsp3) is 0.333. The summed E-state index contributed by atoms with van der Waals surface area (Å²) in [6, 6.07) is 12.8. The quantitative estimate of drug-likeness (QED) is 0.770. The van der Waals surface area contributed by atoms with Gasteiger partial charge in [0.1, 0.15) is 6.10 Å². The van der Waals surface area contributed by atoms with Gasteiger partial charge in [-0.05, 0) is 36.4 Å². The zero-order chi connectivity index (χ0) is 15.1. The van der Waals surface area contributed by atoms with Crippen LogP contribution >= 0.6 is 11.3 Å². The molecule has 3 nitrogen and oxygen atoms in total. The third-order valence-electron chi connectivity index (χ3n) is 4.74. The van der Waals surface area contributed by atoms with Crippen LogP contribution in [0.5, 0.6) is 0 Å². The molecule has 2 N–H and O–H groups in total. The molecule has 2 aromatic heterocycles. The Kier molecular flexibility index (Phi) is 3.53. The van der Waals surface area contributed by atoms with Crippen LogP contribution in [0.3, 0.4) is 0 Å². The van der Waals surface area contributed by atoms with Crippen molar-refractivity contribution in [2.45, 2.75) is 25.5 Å². The molecule has 0 amide bonds. The highest BCUT2D eigenvalue weighted by molar-refractivity contribution is 7.10. The van der Waals surface area contributed by atoms with Gasteiger partial charge in [-0.1, -0.05) is 24.3 Å². The fourth-order valence-corrected chi connectivity index (χ4v) is 4.22. The van der Waals surface area contributed by atoms with Crippen molar-refractivity contribution in [2.24, 2.45) is 0 Å². The van der Waals surface area contributed by atoms with E-state index in [0.717, 1.165) is 17.8 Å². The molecular weight excluding hydrogens is 292 g/mol. The van der Waals surface area contributed by atoms with Crippen molar-refractivity contribution in [1.82, 2.24) is 9.88 Å². The zero-order valence-corrected chi connectivity index (χ0v) is 13.4. The monoisotopic (exact) mass is 312 g/mol. The van der Waals surface area contributed by atoms with E-state index in [1.807, 2.05) is 17.5 Å². The van der Waals surface area contributed by atoms with E-state index in [1.165, 1.54) is 22.2 Å². The van der Waals surface area contributed by atoms with Crippen LogP contribution in [-0.2, 0) is 6.42 Å². The summed E-state index contributed by atoms with van der Waals surface area (Å²) in [7, 11) is 0. The second-order valence-corrected chi connectivity index (χ2v) is 6.99. The van der Waals surface area contributed by atoms with Crippen LogP contribution in [0.15, 0.2) is 41.8 Å². The molecule has 3 aromatic rings. The number of aromatic nitrogens is 1. The summed E-state index contributed by atoms with van der Waals surface area (Å²) in [6.45, 7) is 3.92. The summed E-state index contributed by atoms with van der Waals surface area (Å²) >= 11 is 1.63. The lowest BCUT2D eigenvalue weighted by Gasteiger charge is -2.34. The summed E-state index contributed by atoms with van der Waals surface area (Å²) < 4.78 is 0. The number of aromatic amines is 1. The Balaban J connectivity index is 1.60. The maximum Gasteiger partial charge on any atom is 0.101 e. The molecule has 0 saturated carbocycles. The Morgan fingerprint density at radius 3 is 3.00 bits per heavy atom. The van der Waals surface area contributed by atoms with Crippen molar-refractivity contribution in [1.29, 1.82) is 0 Å². The van der Waals surface area contributed by atoms with Gasteiger partial charge in [0.25, 0.3) is 0 Å². The zero-order valence-electron chi connectivity index (χ0n) is 12.6. The number of hydrogen-bond donors (Lipinski definition) is 2. The molecule has 0 radical (unpaired) electrons. The van der Waals surface area contributed by atoms with Crippen molar-refractivity contribution in [3.05, 3.63) is 57.9 Å². The summed E-state index contributed by atoms with van der Waals surface area (Å²) in [5, 5.41) is 13.8. The number of aliphatic hydroxyl groups excluding tert-OH is 1. The number of H-pyrrole nitrogens is 1. The van der Waals surface area contributed by atoms with Crippen molar-refractivity contribution >= 4 is 22.2 Å². The van der Waals surface area contributed by atoms with E-state index in [1.54, 1.807) is 11.3 Å². The van der Waals surface area contributed by atoms with Crippen LogP contribution in [-0.4, -0.2) is 28.1 Å². The number of thiophene rings is 1. The molecule has 114 valence electrons. The number of hydrogen-bond acceptors (Lipinski definition) is 3. The minimum absolute atomic E-state index is 0.311. The lowest BCUT2D eigenvalue weighted by molar-refractivity contribution is 0.0878. The van der Waals surface area contributed by atoms with Crippen LogP contribution in [0.4, 0.5) is 0 Å². The third kappa shape index (κ3) is 2.28. The molecule has 0 fully saturated rings. The number of fused-ring (bicyclic) bond motifs is 3. The Bertz CT molecular complexity index is 778. The first-order chi connectivity index (χ1) is 10.7. The van der Waals surface area contributed by atoms with E-state index < -0.39 is 6.10 Å². The van der Waals surface area contributed by atoms with Crippen molar-refractivity contribution in [3.8, 4) is 0 Å². The van der Waals surface area contributed by atoms with Gasteiger partial charge in [0, 0.05) is 40.6 Å². The van der Waals surface area contributed by atoms with Crippen molar-refractivity contribution in [2.75, 3.05) is 13.1 Å². The van der Waals surface area contributed by atoms with Gasteiger partial charge in [-0.25, -0.2) is 0 Å². The molecule has 1 aromatic carbocycles. The normalized spacial score (nSPS) is 20.2. The van der Waals surface area contributed by atoms with E-state index in [4.69, 9.17) is 0 Å². The number of benzene rings is 1. The van der Waals surface area contributed by atoms with Gasteiger partial charge in [-0.2, -0.15) is 0 Å². The number of aliphatic hydroxyl groups is 1. The van der Waals surface area contributed by atoms with E-state index in [0.29, 0.717) is 12.6 Å². The molecule has 0 unspecified atom stereocenters. The lowest BCUT2D eigenvalue weighted by atomic mass is 9.98. The third-order valence-corrected chi connectivity index (χ3v) is 5.71. The maximum atomic E-state index is 10.4. The van der Waals surface area contributed by atoms with Gasteiger partial charge < -0.3 is 10.1 Å². The Morgan fingerprint density at radius 2 is 2.18 bits per heavy atom. The van der Waals surface area contributed by atoms with E-state index in [2.05, 4.69) is 41.1 Å². The average molecular weight is 312 g/mol. The fourth-order valence-electron chi connectivity index (χ4n) is 3.52. The number of nitrogens with one attached hydrogen (secondary N) is 1. The van der Waals surface area contributed by atoms with E-state index in [-0.39, 0.29) is 0 Å². The van der Waals surface area contributed by atoms with Crippen molar-refractivity contribution in [3.63, 3.8) is 0 Å². The molecular formula is C18H20N2OS. The second kappa shape index (κ2) is 5.54. The van der Waals surface area contributed by atoms with Crippen LogP contribution < -0.4 is 0 Å². The largest absolute Gasteiger partial charge is 0.386 e. The number of nitrogens with zero attached hydrogens (tertiary/aromatic N) is 1. The SMILES string of the molecule is C[C@@H]1c2[nH]c3ccccc3c2CCN1C[C@H](O)c1cccs1. The first-order valence-electron chi connectivity index (χ1n) is 7.79. The highest BCUT2D eigenvalue weighted by Gasteiger charge is 2.28. The van der Waals surface area contributed by atoms with Crippen LogP contribution in [0.1, 0.15) is 35.2 Å². The molecule has 2 atom stereocenters. The highest BCUT2D eigenvalue weighted by Crippen LogP contribution is 2.35. The van der Waals surface area contributed by atoms with E-state index in [9.17, 15) is 5.11 Å². The van der Waals surface area contributed by atoms with Crippen molar-refractivity contribution < 1.29 is 5.11 Å². The number of β-amino-alcohol motifs (C(OH)–C–C–N with tert-alkyl or cyclic N) is 1. The molecule has 0 bridgehead atoms. The highest BCUT2D eigenvalue weighted by atomic mass is 32.1. The average Bonchev–Trinajstić information content (AvgIpc) is 3.17. The summed E-state index contributed by atoms with van der Waals surface area (Å²) in [5.74, 6) is 0. The minimum atomic E-state index is -0.395. The first kappa shape index (κ1) is 14.0. The lowest BCUT2D eigenvalue weighted by Crippen LogP contribution is -2.36. The van der Waals surface area contributed by atoms with E-state index >= 15 is 0 Å². The summed E-state index contributed by atoms with van der Waals surface area (Å²) in [5.41, 5.74) is 3.98.